The fraction of sp³-hybridized carbons (Fsp3) is 0.500. The van der Waals surface area contributed by atoms with E-state index in [9.17, 15) is 8.42 Å². The van der Waals surface area contributed by atoms with Crippen LogP contribution in [0.4, 0.5) is 0 Å². The molecule has 0 saturated carbocycles. The zero-order chi connectivity index (χ0) is 12.7. The summed E-state index contributed by atoms with van der Waals surface area (Å²) in [5, 5.41) is 0. The van der Waals surface area contributed by atoms with E-state index in [1.807, 2.05) is 0 Å². The van der Waals surface area contributed by atoms with Gasteiger partial charge in [-0.1, -0.05) is 0 Å². The van der Waals surface area contributed by atoms with Crippen LogP contribution in [0.5, 0.6) is 5.75 Å². The number of hydrogen-bond donors (Lipinski definition) is 1. The van der Waals surface area contributed by atoms with Gasteiger partial charge < -0.3 is 4.74 Å². The predicted octanol–water partition coefficient (Wildman–Crippen LogP) is 2.57. The third-order valence-corrected chi connectivity index (χ3v) is 3.77. The highest BCUT2D eigenvalue weighted by molar-refractivity contribution is 7.90. The Morgan fingerprint density at radius 2 is 1.76 bits per heavy atom. The van der Waals surface area contributed by atoms with Gasteiger partial charge in [-0.2, -0.15) is 12.6 Å². The first-order chi connectivity index (χ1) is 8.04. The molecular weight excluding hydrogens is 256 g/mol. The number of thiol groups is 1. The summed E-state index contributed by atoms with van der Waals surface area (Å²) in [5.41, 5.74) is 0. The summed E-state index contributed by atoms with van der Waals surface area (Å²) in [6.07, 6.45) is 4.39. The van der Waals surface area contributed by atoms with Crippen molar-refractivity contribution >= 4 is 22.5 Å². The van der Waals surface area contributed by atoms with Crippen LogP contribution in [0.15, 0.2) is 29.2 Å². The summed E-state index contributed by atoms with van der Waals surface area (Å²) in [4.78, 5) is 0.319. The summed E-state index contributed by atoms with van der Waals surface area (Å²) in [6, 6.07) is 6.51. The van der Waals surface area contributed by atoms with Crippen molar-refractivity contribution in [1.82, 2.24) is 0 Å². The maximum Gasteiger partial charge on any atom is 0.175 e. The number of unbranched alkanes of at least 4 members (excludes halogenated alkanes) is 2. The van der Waals surface area contributed by atoms with Crippen LogP contribution in [0.3, 0.4) is 0 Å². The first kappa shape index (κ1) is 14.4. The van der Waals surface area contributed by atoms with Gasteiger partial charge in [0.15, 0.2) is 9.84 Å². The molecule has 0 bridgehead atoms. The van der Waals surface area contributed by atoms with Crippen LogP contribution in [-0.4, -0.2) is 27.0 Å². The highest BCUT2D eigenvalue weighted by Crippen LogP contribution is 2.16. The van der Waals surface area contributed by atoms with Gasteiger partial charge in [0.1, 0.15) is 5.75 Å². The molecule has 0 saturated heterocycles. The first-order valence-electron chi connectivity index (χ1n) is 5.58. The van der Waals surface area contributed by atoms with Gasteiger partial charge in [0.05, 0.1) is 11.5 Å². The molecule has 0 spiro atoms. The van der Waals surface area contributed by atoms with Crippen molar-refractivity contribution in [2.24, 2.45) is 0 Å². The third-order valence-electron chi connectivity index (χ3n) is 2.32. The molecule has 0 aliphatic heterocycles. The Bertz CT molecular complexity index is 424. The van der Waals surface area contributed by atoms with E-state index < -0.39 is 9.84 Å². The molecule has 0 atom stereocenters. The largest absolute Gasteiger partial charge is 0.494 e. The van der Waals surface area contributed by atoms with Crippen molar-refractivity contribution in [2.45, 2.75) is 24.2 Å². The minimum Gasteiger partial charge on any atom is -0.494 e. The van der Waals surface area contributed by atoms with Crippen molar-refractivity contribution in [2.75, 3.05) is 18.6 Å². The molecule has 3 nitrogen and oxygen atoms in total. The Hall–Kier alpha value is -0.680. The zero-order valence-corrected chi connectivity index (χ0v) is 11.6. The molecule has 1 aromatic carbocycles. The number of ether oxygens (including phenoxy) is 1. The molecule has 0 radical (unpaired) electrons. The molecule has 1 aromatic rings. The van der Waals surface area contributed by atoms with Gasteiger partial charge in [-0.15, -0.1) is 0 Å². The molecule has 17 heavy (non-hydrogen) atoms. The van der Waals surface area contributed by atoms with E-state index in [-0.39, 0.29) is 0 Å². The first-order valence-corrected chi connectivity index (χ1v) is 8.10. The molecule has 0 N–H and O–H groups in total. The van der Waals surface area contributed by atoms with Crippen molar-refractivity contribution in [3.8, 4) is 5.75 Å². The molecular formula is C12H18O3S2. The molecule has 0 aromatic heterocycles. The highest BCUT2D eigenvalue weighted by atomic mass is 32.2. The summed E-state index contributed by atoms with van der Waals surface area (Å²) < 4.78 is 28.0. The Kier molecular flexibility index (Phi) is 5.85. The van der Waals surface area contributed by atoms with E-state index in [2.05, 4.69) is 12.6 Å². The van der Waals surface area contributed by atoms with Gasteiger partial charge in [0.2, 0.25) is 0 Å². The predicted molar refractivity (Wildman–Crippen MR) is 72.8 cm³/mol. The number of rotatable bonds is 7. The normalized spacial score (nSPS) is 11.4. The molecule has 0 aliphatic carbocycles. The summed E-state index contributed by atoms with van der Waals surface area (Å²) in [5.74, 6) is 1.62. The lowest BCUT2D eigenvalue weighted by molar-refractivity contribution is 0.306. The Balaban J connectivity index is 2.41. The van der Waals surface area contributed by atoms with Gasteiger partial charge in [0.25, 0.3) is 0 Å². The van der Waals surface area contributed by atoms with Crippen molar-refractivity contribution in [3.63, 3.8) is 0 Å². The average molecular weight is 274 g/mol. The lowest BCUT2D eigenvalue weighted by Gasteiger charge is -2.06. The fourth-order valence-electron chi connectivity index (χ4n) is 1.36. The van der Waals surface area contributed by atoms with Crippen molar-refractivity contribution < 1.29 is 13.2 Å². The van der Waals surface area contributed by atoms with Gasteiger partial charge >= 0.3 is 0 Å². The number of sulfone groups is 1. The Morgan fingerprint density at radius 3 is 2.29 bits per heavy atom. The van der Waals surface area contributed by atoms with Gasteiger partial charge in [-0.25, -0.2) is 8.42 Å². The average Bonchev–Trinajstić information content (AvgIpc) is 2.28. The van der Waals surface area contributed by atoms with Crippen LogP contribution in [0.25, 0.3) is 0 Å². The highest BCUT2D eigenvalue weighted by Gasteiger charge is 2.06. The minimum atomic E-state index is -3.12. The van der Waals surface area contributed by atoms with Crippen LogP contribution in [0, 0.1) is 0 Å². The standard InChI is InChI=1S/C12H18O3S2/c1-17(13,14)12-7-5-11(6-8-12)15-9-3-2-4-10-16/h5-8,16H,2-4,9-10H2,1H3. The van der Waals surface area contributed by atoms with E-state index in [1.165, 1.54) is 6.26 Å². The topological polar surface area (TPSA) is 43.4 Å². The van der Waals surface area contributed by atoms with Gasteiger partial charge in [0, 0.05) is 6.26 Å². The van der Waals surface area contributed by atoms with Crippen molar-refractivity contribution in [1.29, 1.82) is 0 Å². The maximum absolute atomic E-state index is 11.2. The van der Waals surface area contributed by atoms with Crippen LogP contribution < -0.4 is 4.74 Å². The van der Waals surface area contributed by atoms with E-state index >= 15 is 0 Å². The molecule has 5 heteroatoms. The molecule has 96 valence electrons. The lowest BCUT2D eigenvalue weighted by atomic mass is 10.3. The van der Waals surface area contributed by atoms with E-state index in [0.717, 1.165) is 25.0 Å². The molecule has 0 fully saturated rings. The second-order valence-corrected chi connectivity index (χ2v) is 6.34. The van der Waals surface area contributed by atoms with E-state index in [1.54, 1.807) is 24.3 Å². The fourth-order valence-corrected chi connectivity index (χ4v) is 2.22. The van der Waals surface area contributed by atoms with Gasteiger partial charge in [-0.05, 0) is 49.3 Å². The zero-order valence-electron chi connectivity index (χ0n) is 9.93. The monoisotopic (exact) mass is 274 g/mol. The molecule has 0 heterocycles. The maximum atomic E-state index is 11.2. The molecule has 0 aliphatic rings. The van der Waals surface area contributed by atoms with Crippen LogP contribution in [0.1, 0.15) is 19.3 Å². The lowest BCUT2D eigenvalue weighted by Crippen LogP contribution is -1.99. The van der Waals surface area contributed by atoms with Gasteiger partial charge in [-0.3, -0.25) is 0 Å². The van der Waals surface area contributed by atoms with E-state index in [0.29, 0.717) is 17.3 Å². The summed E-state index contributed by atoms with van der Waals surface area (Å²) in [7, 11) is -3.12. The number of benzene rings is 1. The molecule has 0 unspecified atom stereocenters. The quantitative estimate of drug-likeness (QED) is 0.614. The molecule has 0 amide bonds. The Morgan fingerprint density at radius 1 is 1.12 bits per heavy atom. The van der Waals surface area contributed by atoms with Crippen LogP contribution in [0.2, 0.25) is 0 Å². The smallest absolute Gasteiger partial charge is 0.175 e. The summed E-state index contributed by atoms with van der Waals surface area (Å²) in [6.45, 7) is 0.659. The molecule has 1 rings (SSSR count). The van der Waals surface area contributed by atoms with E-state index in [4.69, 9.17) is 4.74 Å². The number of hydrogen-bond acceptors (Lipinski definition) is 4. The van der Waals surface area contributed by atoms with Crippen molar-refractivity contribution in [3.05, 3.63) is 24.3 Å². The Labute approximate surface area is 109 Å². The third kappa shape index (κ3) is 5.46. The summed E-state index contributed by atoms with van der Waals surface area (Å²) >= 11 is 4.13. The van der Waals surface area contributed by atoms with Crippen LogP contribution in [-0.2, 0) is 9.84 Å². The minimum absolute atomic E-state index is 0.319. The second-order valence-electron chi connectivity index (χ2n) is 3.88. The van der Waals surface area contributed by atoms with Crippen LogP contribution >= 0.6 is 12.6 Å². The second kappa shape index (κ2) is 6.91. The SMILES string of the molecule is CS(=O)(=O)c1ccc(OCCCCCS)cc1.